The first-order valence-corrected chi connectivity index (χ1v) is 12.2. The molecule has 0 amide bonds. The van der Waals surface area contributed by atoms with E-state index in [2.05, 4.69) is 9.97 Å². The number of sulfonamides is 1. The van der Waals surface area contributed by atoms with Crippen LogP contribution < -0.4 is 15.4 Å². The van der Waals surface area contributed by atoms with Crippen molar-refractivity contribution in [2.75, 3.05) is 49.2 Å². The smallest absolute Gasteiger partial charge is 0.377 e. The predicted molar refractivity (Wildman–Crippen MR) is 119 cm³/mol. The van der Waals surface area contributed by atoms with Crippen molar-refractivity contribution in [3.8, 4) is 0 Å². The molecule has 0 aliphatic carbocycles. The fraction of sp³-hybridized carbons (Fsp3) is 0.600. The van der Waals surface area contributed by atoms with Gasteiger partial charge in [-0.15, -0.1) is 0 Å². The number of nitrogens with one attached hydrogen (secondary N) is 1. The minimum atomic E-state index is -4.74. The van der Waals surface area contributed by atoms with Gasteiger partial charge in [0.25, 0.3) is 15.6 Å². The number of piperazine rings is 1. The van der Waals surface area contributed by atoms with Crippen molar-refractivity contribution in [1.29, 1.82) is 0 Å². The van der Waals surface area contributed by atoms with Gasteiger partial charge in [-0.25, -0.2) is 13.4 Å². The Morgan fingerprint density at radius 1 is 1.18 bits per heavy atom. The fourth-order valence-corrected chi connectivity index (χ4v) is 5.74. The monoisotopic (exact) mass is 504 g/mol. The summed E-state index contributed by atoms with van der Waals surface area (Å²) in [7, 11) is -2.61. The van der Waals surface area contributed by atoms with E-state index >= 15 is 0 Å². The van der Waals surface area contributed by atoms with Crippen LogP contribution in [0.25, 0.3) is 0 Å². The standard InChI is InChI=1S/C20H27F3N6O4S/c1-13-12-33-7-6-28(13)15-8-17(25-18(30)9-15)29-5-4-27(10-16(29)20(21,22)23)34(31,32)19-11-26(3)14(2)24-19/h8-9,11,13,16H,4-7,10,12H2,1-3H3,(H,25,30)/t13-,16?/m1/s1. The van der Waals surface area contributed by atoms with E-state index < -0.39 is 34.3 Å². The molecule has 14 heteroatoms. The average Bonchev–Trinajstić information content (AvgIpc) is 3.11. The van der Waals surface area contributed by atoms with Crippen LogP contribution in [0.5, 0.6) is 0 Å². The topological polar surface area (TPSA) is 104 Å². The fourth-order valence-electron chi connectivity index (χ4n) is 4.27. The van der Waals surface area contributed by atoms with E-state index in [9.17, 15) is 26.4 Å². The molecule has 2 fully saturated rings. The lowest BCUT2D eigenvalue weighted by atomic mass is 10.1. The highest BCUT2D eigenvalue weighted by Crippen LogP contribution is 2.33. The van der Waals surface area contributed by atoms with Gasteiger partial charge < -0.3 is 24.1 Å². The zero-order chi connectivity index (χ0) is 24.8. The third-order valence-electron chi connectivity index (χ3n) is 6.24. The highest BCUT2D eigenvalue weighted by molar-refractivity contribution is 7.89. The maximum absolute atomic E-state index is 14.1. The van der Waals surface area contributed by atoms with Crippen molar-refractivity contribution in [3.63, 3.8) is 0 Å². The molecular weight excluding hydrogens is 477 g/mol. The van der Waals surface area contributed by atoms with E-state index in [1.807, 2.05) is 11.8 Å². The van der Waals surface area contributed by atoms with Gasteiger partial charge in [0.1, 0.15) is 17.7 Å². The molecule has 0 spiro atoms. The quantitative estimate of drug-likeness (QED) is 0.665. The molecular formula is C20H27F3N6O4S. The number of hydrogen-bond donors (Lipinski definition) is 1. The maximum Gasteiger partial charge on any atom is 0.410 e. The lowest BCUT2D eigenvalue weighted by Gasteiger charge is -2.42. The molecule has 0 bridgehead atoms. The number of aromatic nitrogens is 3. The van der Waals surface area contributed by atoms with Gasteiger partial charge in [0, 0.05) is 63.3 Å². The Morgan fingerprint density at radius 2 is 1.91 bits per heavy atom. The van der Waals surface area contributed by atoms with E-state index in [0.29, 0.717) is 31.3 Å². The Balaban J connectivity index is 1.66. The van der Waals surface area contributed by atoms with Crippen LogP contribution in [-0.2, 0) is 21.8 Å². The first-order chi connectivity index (χ1) is 15.9. The molecule has 4 heterocycles. The summed E-state index contributed by atoms with van der Waals surface area (Å²) in [6.07, 6.45) is -3.46. The molecule has 0 aromatic carbocycles. The summed E-state index contributed by atoms with van der Waals surface area (Å²) >= 11 is 0. The summed E-state index contributed by atoms with van der Waals surface area (Å²) in [4.78, 5) is 21.8. The van der Waals surface area contributed by atoms with E-state index in [-0.39, 0.29) is 30.0 Å². The molecule has 10 nitrogen and oxygen atoms in total. The van der Waals surface area contributed by atoms with Gasteiger partial charge in [-0.1, -0.05) is 0 Å². The number of halogens is 3. The number of hydrogen-bond acceptors (Lipinski definition) is 7. The summed E-state index contributed by atoms with van der Waals surface area (Å²) < 4.78 is 76.1. The number of aromatic amines is 1. The minimum Gasteiger partial charge on any atom is -0.377 e. The molecule has 0 radical (unpaired) electrons. The predicted octanol–water partition coefficient (Wildman–Crippen LogP) is 1.08. The summed E-state index contributed by atoms with van der Waals surface area (Å²) in [5.74, 6) is 0.422. The number of rotatable bonds is 4. The van der Waals surface area contributed by atoms with Gasteiger partial charge in [0.2, 0.25) is 0 Å². The van der Waals surface area contributed by atoms with Gasteiger partial charge in [0.15, 0.2) is 5.03 Å². The molecule has 2 atom stereocenters. The molecule has 0 saturated carbocycles. The minimum absolute atomic E-state index is 0.00533. The number of imidazole rings is 1. The van der Waals surface area contributed by atoms with Gasteiger partial charge in [-0.3, -0.25) is 4.79 Å². The van der Waals surface area contributed by atoms with E-state index in [0.717, 1.165) is 9.21 Å². The summed E-state index contributed by atoms with van der Waals surface area (Å²) in [5.41, 5.74) is -0.0411. The summed E-state index contributed by atoms with van der Waals surface area (Å²) in [5, 5.41) is -0.293. The number of morpholine rings is 1. The normalized spacial score (nSPS) is 22.9. The molecule has 2 aliphatic heterocycles. The van der Waals surface area contributed by atoms with Gasteiger partial charge in [-0.05, 0) is 13.8 Å². The van der Waals surface area contributed by atoms with Gasteiger partial charge >= 0.3 is 6.18 Å². The molecule has 2 aromatic rings. The zero-order valence-electron chi connectivity index (χ0n) is 19.0. The van der Waals surface area contributed by atoms with E-state index in [1.165, 1.54) is 22.9 Å². The van der Waals surface area contributed by atoms with Crippen LogP contribution in [-0.4, -0.2) is 84.9 Å². The summed E-state index contributed by atoms with van der Waals surface area (Å²) in [6, 6.07) is 0.659. The molecule has 2 aliphatic rings. The van der Waals surface area contributed by atoms with Crippen molar-refractivity contribution >= 4 is 21.5 Å². The number of nitrogens with zero attached hydrogens (tertiary/aromatic N) is 5. The number of H-pyrrole nitrogens is 1. The Labute approximate surface area is 195 Å². The molecule has 1 unspecified atom stereocenters. The molecule has 34 heavy (non-hydrogen) atoms. The third kappa shape index (κ3) is 4.66. The van der Waals surface area contributed by atoms with Crippen molar-refractivity contribution in [2.45, 2.75) is 37.1 Å². The van der Waals surface area contributed by atoms with Gasteiger partial charge in [0.05, 0.1) is 13.2 Å². The number of aryl methyl sites for hydroxylation is 2. The molecule has 1 N–H and O–H groups in total. The Morgan fingerprint density at radius 3 is 2.53 bits per heavy atom. The SMILES string of the molecule is Cc1nc(S(=O)(=O)N2CCN(c3cc(N4CCOC[C@H]4C)cc(=O)[nH]3)C(C(F)(F)F)C2)cn1C. The summed E-state index contributed by atoms with van der Waals surface area (Å²) in [6.45, 7) is 3.63. The number of alkyl halides is 3. The first-order valence-electron chi connectivity index (χ1n) is 10.8. The Bertz CT molecular complexity index is 1190. The van der Waals surface area contributed by atoms with Crippen LogP contribution in [0.1, 0.15) is 12.7 Å². The average molecular weight is 505 g/mol. The van der Waals surface area contributed by atoms with Crippen LogP contribution in [0.2, 0.25) is 0 Å². The van der Waals surface area contributed by atoms with Crippen LogP contribution in [0, 0.1) is 6.92 Å². The molecule has 4 rings (SSSR count). The van der Waals surface area contributed by atoms with Crippen molar-refractivity contribution in [3.05, 3.63) is 34.5 Å². The lowest BCUT2D eigenvalue weighted by Crippen LogP contribution is -2.60. The molecule has 2 aromatic heterocycles. The van der Waals surface area contributed by atoms with Gasteiger partial charge in [-0.2, -0.15) is 17.5 Å². The van der Waals surface area contributed by atoms with E-state index in [4.69, 9.17) is 4.74 Å². The second-order valence-corrected chi connectivity index (χ2v) is 10.4. The number of anilines is 2. The largest absolute Gasteiger partial charge is 0.410 e. The zero-order valence-corrected chi connectivity index (χ0v) is 19.9. The molecule has 188 valence electrons. The second-order valence-electron chi connectivity index (χ2n) is 8.56. The van der Waals surface area contributed by atoms with Crippen molar-refractivity contribution in [1.82, 2.24) is 18.8 Å². The number of ether oxygens (including phenoxy) is 1. The van der Waals surface area contributed by atoms with Crippen molar-refractivity contribution < 1.29 is 26.3 Å². The lowest BCUT2D eigenvalue weighted by molar-refractivity contribution is -0.153. The van der Waals surface area contributed by atoms with Crippen LogP contribution in [0.15, 0.2) is 28.2 Å². The van der Waals surface area contributed by atoms with Crippen molar-refractivity contribution in [2.24, 2.45) is 7.05 Å². The highest BCUT2D eigenvalue weighted by Gasteiger charge is 2.49. The van der Waals surface area contributed by atoms with Crippen LogP contribution in [0.3, 0.4) is 0 Å². The third-order valence-corrected chi connectivity index (χ3v) is 7.97. The van der Waals surface area contributed by atoms with E-state index in [1.54, 1.807) is 14.0 Å². The second kappa shape index (κ2) is 8.89. The Kier molecular flexibility index (Phi) is 6.42. The number of pyridine rings is 1. The molecule has 2 saturated heterocycles. The first kappa shape index (κ1) is 24.5. The maximum atomic E-state index is 14.1. The van der Waals surface area contributed by atoms with Crippen LogP contribution in [0.4, 0.5) is 24.7 Å². The Hall–Kier alpha value is -2.58. The van der Waals surface area contributed by atoms with Crippen LogP contribution >= 0.6 is 0 Å². The highest BCUT2D eigenvalue weighted by atomic mass is 32.2.